The van der Waals surface area contributed by atoms with Crippen molar-refractivity contribution in [1.29, 1.82) is 0 Å². The third-order valence-corrected chi connectivity index (χ3v) is 3.83. The van der Waals surface area contributed by atoms with E-state index < -0.39 is 11.2 Å². The molecule has 0 aromatic heterocycles. The van der Waals surface area contributed by atoms with Crippen LogP contribution < -0.4 is 5.32 Å². The van der Waals surface area contributed by atoms with Crippen molar-refractivity contribution in [3.8, 4) is 0 Å². The number of rotatable bonds is 4. The van der Waals surface area contributed by atoms with Gasteiger partial charge in [0.05, 0.1) is 11.2 Å². The first kappa shape index (κ1) is 13.9. The molecule has 0 amide bonds. The Morgan fingerprint density at radius 1 is 1.19 bits per heavy atom. The molecule has 1 fully saturated rings. The monoisotopic (exact) mass is 229 g/mol. The van der Waals surface area contributed by atoms with Crippen molar-refractivity contribution in [2.24, 2.45) is 0 Å². The lowest BCUT2D eigenvalue weighted by Crippen LogP contribution is -2.50. The van der Waals surface area contributed by atoms with E-state index in [1.54, 1.807) is 13.8 Å². The smallest absolute Gasteiger partial charge is 0.0771 e. The van der Waals surface area contributed by atoms with Crippen LogP contribution in [0.5, 0.6) is 0 Å². The Kier molecular flexibility index (Phi) is 4.77. The first-order valence-electron chi connectivity index (χ1n) is 6.52. The van der Waals surface area contributed by atoms with Gasteiger partial charge in [-0.05, 0) is 33.6 Å². The number of nitrogens with one attached hydrogen (secondary N) is 1. The van der Waals surface area contributed by atoms with E-state index in [9.17, 15) is 10.2 Å². The van der Waals surface area contributed by atoms with Gasteiger partial charge in [-0.25, -0.2) is 0 Å². The van der Waals surface area contributed by atoms with Crippen LogP contribution in [-0.2, 0) is 0 Å². The van der Waals surface area contributed by atoms with E-state index in [1.165, 1.54) is 12.8 Å². The molecule has 1 unspecified atom stereocenters. The molecule has 0 aliphatic heterocycles. The zero-order valence-electron chi connectivity index (χ0n) is 10.9. The van der Waals surface area contributed by atoms with Crippen molar-refractivity contribution in [2.45, 2.75) is 76.5 Å². The fraction of sp³-hybridized carbons (Fsp3) is 1.00. The van der Waals surface area contributed by atoms with E-state index in [-0.39, 0.29) is 6.04 Å². The van der Waals surface area contributed by atoms with Crippen molar-refractivity contribution in [1.82, 2.24) is 5.32 Å². The highest BCUT2D eigenvalue weighted by molar-refractivity contribution is 4.87. The van der Waals surface area contributed by atoms with Gasteiger partial charge in [0.15, 0.2) is 0 Å². The van der Waals surface area contributed by atoms with Crippen LogP contribution in [0.3, 0.4) is 0 Å². The van der Waals surface area contributed by atoms with Gasteiger partial charge >= 0.3 is 0 Å². The Labute approximate surface area is 99.3 Å². The summed E-state index contributed by atoms with van der Waals surface area (Å²) in [5, 5.41) is 23.5. The molecule has 1 aliphatic carbocycles. The normalized spacial score (nSPS) is 23.8. The Balaban J connectivity index is 2.40. The largest absolute Gasteiger partial charge is 0.389 e. The first-order valence-corrected chi connectivity index (χ1v) is 6.52. The first-order chi connectivity index (χ1) is 7.33. The summed E-state index contributed by atoms with van der Waals surface area (Å²) in [5.74, 6) is 0. The van der Waals surface area contributed by atoms with Gasteiger partial charge in [-0.1, -0.05) is 25.7 Å². The van der Waals surface area contributed by atoms with Gasteiger partial charge in [0.2, 0.25) is 0 Å². The van der Waals surface area contributed by atoms with Crippen LogP contribution in [0.1, 0.15) is 59.3 Å². The highest BCUT2D eigenvalue weighted by Crippen LogP contribution is 2.26. The molecule has 0 saturated heterocycles. The van der Waals surface area contributed by atoms with Crippen LogP contribution >= 0.6 is 0 Å². The van der Waals surface area contributed by atoms with Crippen LogP contribution in [0.25, 0.3) is 0 Å². The zero-order chi connectivity index (χ0) is 12.2. The van der Waals surface area contributed by atoms with Crippen molar-refractivity contribution in [2.75, 3.05) is 6.54 Å². The van der Waals surface area contributed by atoms with Crippen LogP contribution in [0, 0.1) is 0 Å². The van der Waals surface area contributed by atoms with E-state index in [0.717, 1.165) is 25.7 Å². The molecule has 3 heteroatoms. The summed E-state index contributed by atoms with van der Waals surface area (Å²) in [7, 11) is 0. The third kappa shape index (κ3) is 4.40. The Hall–Kier alpha value is -0.120. The maximum absolute atomic E-state index is 10.4. The highest BCUT2D eigenvalue weighted by atomic mass is 16.3. The van der Waals surface area contributed by atoms with E-state index in [2.05, 4.69) is 5.32 Å². The van der Waals surface area contributed by atoms with Gasteiger partial charge in [-0.15, -0.1) is 0 Å². The number of hydrogen-bond donors (Lipinski definition) is 3. The van der Waals surface area contributed by atoms with E-state index in [0.29, 0.717) is 6.54 Å². The number of hydrogen-bond acceptors (Lipinski definition) is 3. The summed E-state index contributed by atoms with van der Waals surface area (Å²) in [4.78, 5) is 0. The SMILES string of the molecule is CC(NCC1(O)CCCCCC1)C(C)(C)O. The van der Waals surface area contributed by atoms with Gasteiger partial charge in [0.25, 0.3) is 0 Å². The average molecular weight is 229 g/mol. The molecule has 0 radical (unpaired) electrons. The quantitative estimate of drug-likeness (QED) is 0.645. The maximum Gasteiger partial charge on any atom is 0.0771 e. The molecule has 96 valence electrons. The molecule has 0 heterocycles. The summed E-state index contributed by atoms with van der Waals surface area (Å²) < 4.78 is 0. The summed E-state index contributed by atoms with van der Waals surface area (Å²) in [6.07, 6.45) is 6.49. The molecule has 0 bridgehead atoms. The van der Waals surface area contributed by atoms with Crippen LogP contribution in [0.2, 0.25) is 0 Å². The molecule has 0 spiro atoms. The second-order valence-corrected chi connectivity index (χ2v) is 5.89. The van der Waals surface area contributed by atoms with Crippen molar-refractivity contribution >= 4 is 0 Å². The highest BCUT2D eigenvalue weighted by Gasteiger charge is 2.30. The predicted octanol–water partition coefficient (Wildman–Crippen LogP) is 1.82. The third-order valence-electron chi connectivity index (χ3n) is 3.83. The molecule has 3 nitrogen and oxygen atoms in total. The second kappa shape index (κ2) is 5.48. The molecular weight excluding hydrogens is 202 g/mol. The lowest BCUT2D eigenvalue weighted by atomic mass is 9.93. The lowest BCUT2D eigenvalue weighted by molar-refractivity contribution is 0.00198. The molecule has 0 aromatic carbocycles. The summed E-state index contributed by atoms with van der Waals surface area (Å²) in [6, 6.07) is -0.000205. The average Bonchev–Trinajstić information content (AvgIpc) is 2.39. The summed E-state index contributed by atoms with van der Waals surface area (Å²) in [6.45, 7) is 6.14. The molecule has 1 rings (SSSR count). The Bertz CT molecular complexity index is 202. The topological polar surface area (TPSA) is 52.5 Å². The van der Waals surface area contributed by atoms with Gasteiger partial charge < -0.3 is 15.5 Å². The summed E-state index contributed by atoms with van der Waals surface area (Å²) in [5.41, 5.74) is -1.29. The number of aliphatic hydroxyl groups is 2. The lowest BCUT2D eigenvalue weighted by Gasteiger charge is -2.32. The molecule has 1 aliphatic rings. The van der Waals surface area contributed by atoms with Crippen LogP contribution in [-0.4, -0.2) is 34.0 Å². The van der Waals surface area contributed by atoms with Crippen molar-refractivity contribution in [3.05, 3.63) is 0 Å². The van der Waals surface area contributed by atoms with Crippen LogP contribution in [0.4, 0.5) is 0 Å². The molecular formula is C13H27NO2. The van der Waals surface area contributed by atoms with Crippen molar-refractivity contribution in [3.63, 3.8) is 0 Å². The van der Waals surface area contributed by atoms with E-state index in [4.69, 9.17) is 0 Å². The Morgan fingerprint density at radius 2 is 1.69 bits per heavy atom. The van der Waals surface area contributed by atoms with Crippen LogP contribution in [0.15, 0.2) is 0 Å². The molecule has 1 saturated carbocycles. The second-order valence-electron chi connectivity index (χ2n) is 5.89. The Morgan fingerprint density at radius 3 is 2.12 bits per heavy atom. The van der Waals surface area contributed by atoms with E-state index in [1.807, 2.05) is 6.92 Å². The molecule has 3 N–H and O–H groups in total. The molecule has 16 heavy (non-hydrogen) atoms. The molecule has 1 atom stereocenters. The van der Waals surface area contributed by atoms with Gasteiger partial charge in [0, 0.05) is 12.6 Å². The molecule has 0 aromatic rings. The fourth-order valence-corrected chi connectivity index (χ4v) is 2.16. The standard InChI is InChI=1S/C13H27NO2/c1-11(12(2,3)15)14-10-13(16)8-6-4-5-7-9-13/h11,14-16H,4-10H2,1-3H3. The maximum atomic E-state index is 10.4. The minimum Gasteiger partial charge on any atom is -0.389 e. The zero-order valence-corrected chi connectivity index (χ0v) is 10.9. The van der Waals surface area contributed by atoms with Gasteiger partial charge in [-0.2, -0.15) is 0 Å². The predicted molar refractivity (Wildman–Crippen MR) is 66.4 cm³/mol. The van der Waals surface area contributed by atoms with Crippen molar-refractivity contribution < 1.29 is 10.2 Å². The van der Waals surface area contributed by atoms with E-state index >= 15 is 0 Å². The fourth-order valence-electron chi connectivity index (χ4n) is 2.16. The minimum absolute atomic E-state index is 0.000205. The van der Waals surface area contributed by atoms with Gasteiger partial charge in [-0.3, -0.25) is 0 Å². The minimum atomic E-state index is -0.735. The van der Waals surface area contributed by atoms with Gasteiger partial charge in [0.1, 0.15) is 0 Å². The summed E-state index contributed by atoms with van der Waals surface area (Å²) >= 11 is 0.